The van der Waals surface area contributed by atoms with Gasteiger partial charge in [-0.15, -0.1) is 0 Å². The van der Waals surface area contributed by atoms with Gasteiger partial charge in [-0.3, -0.25) is 4.79 Å². The fraction of sp³-hybridized carbons (Fsp3) is 0.143. The van der Waals surface area contributed by atoms with Gasteiger partial charge in [-0.2, -0.15) is 5.10 Å². The smallest absolute Gasteiger partial charge is 0.276 e. The number of benzene rings is 2. The summed E-state index contributed by atoms with van der Waals surface area (Å²) in [6.07, 6.45) is 3.51. The molecule has 0 radical (unpaired) electrons. The van der Waals surface area contributed by atoms with Gasteiger partial charge in [-0.25, -0.2) is 4.52 Å². The van der Waals surface area contributed by atoms with Gasteiger partial charge >= 0.3 is 0 Å². The second-order valence-corrected chi connectivity index (χ2v) is 6.05. The standard InChI is InChI=1S/C21H19N3O3/c1-26-18-9-5-6-16(14-18)19-15-20-21(25)23(10-11-24(20)22-19)12-13-27-17-7-3-2-4-8-17/h2-11,14-15H,12-13H2,1H3. The molecule has 0 saturated carbocycles. The molecule has 27 heavy (non-hydrogen) atoms. The molecule has 0 spiro atoms. The monoisotopic (exact) mass is 361 g/mol. The highest BCUT2D eigenvalue weighted by molar-refractivity contribution is 5.66. The Morgan fingerprint density at radius 3 is 2.59 bits per heavy atom. The fourth-order valence-electron chi connectivity index (χ4n) is 2.90. The normalized spacial score (nSPS) is 10.9. The lowest BCUT2D eigenvalue weighted by Crippen LogP contribution is -2.24. The van der Waals surface area contributed by atoms with Crippen LogP contribution in [0.15, 0.2) is 77.9 Å². The van der Waals surface area contributed by atoms with Crippen molar-refractivity contribution in [1.82, 2.24) is 14.2 Å². The summed E-state index contributed by atoms with van der Waals surface area (Å²) < 4.78 is 14.2. The van der Waals surface area contributed by atoms with Gasteiger partial charge in [-0.1, -0.05) is 30.3 Å². The molecule has 6 nitrogen and oxygen atoms in total. The Kier molecular flexibility index (Phi) is 4.61. The number of rotatable bonds is 6. The third-order valence-corrected chi connectivity index (χ3v) is 4.31. The van der Waals surface area contributed by atoms with Crippen LogP contribution in [-0.2, 0) is 6.54 Å². The lowest BCUT2D eigenvalue weighted by atomic mass is 10.1. The summed E-state index contributed by atoms with van der Waals surface area (Å²) in [6, 6.07) is 19.0. The summed E-state index contributed by atoms with van der Waals surface area (Å²) in [7, 11) is 1.62. The molecule has 0 bridgehead atoms. The first-order valence-electron chi connectivity index (χ1n) is 8.66. The largest absolute Gasteiger partial charge is 0.497 e. The third-order valence-electron chi connectivity index (χ3n) is 4.31. The number of methoxy groups -OCH3 is 1. The fourth-order valence-corrected chi connectivity index (χ4v) is 2.90. The van der Waals surface area contributed by atoms with E-state index in [4.69, 9.17) is 9.47 Å². The first-order chi connectivity index (χ1) is 13.2. The molecule has 0 fully saturated rings. The third kappa shape index (κ3) is 3.55. The van der Waals surface area contributed by atoms with Crippen LogP contribution < -0.4 is 15.0 Å². The molecule has 0 aliphatic carbocycles. The number of ether oxygens (including phenoxy) is 2. The summed E-state index contributed by atoms with van der Waals surface area (Å²) in [4.78, 5) is 12.8. The maximum atomic E-state index is 12.8. The van der Waals surface area contributed by atoms with E-state index in [1.54, 1.807) is 34.7 Å². The van der Waals surface area contributed by atoms with Gasteiger partial charge in [0.2, 0.25) is 0 Å². The summed E-state index contributed by atoms with van der Waals surface area (Å²) in [5.74, 6) is 1.54. The zero-order valence-corrected chi connectivity index (χ0v) is 14.9. The molecule has 136 valence electrons. The molecule has 0 unspecified atom stereocenters. The van der Waals surface area contributed by atoms with E-state index in [2.05, 4.69) is 5.10 Å². The van der Waals surface area contributed by atoms with E-state index in [1.165, 1.54) is 0 Å². The van der Waals surface area contributed by atoms with E-state index < -0.39 is 0 Å². The zero-order valence-electron chi connectivity index (χ0n) is 14.9. The summed E-state index contributed by atoms with van der Waals surface area (Å²) in [5.41, 5.74) is 2.05. The minimum absolute atomic E-state index is 0.101. The second-order valence-electron chi connectivity index (χ2n) is 6.05. The van der Waals surface area contributed by atoms with E-state index in [-0.39, 0.29) is 5.56 Å². The average molecular weight is 361 g/mol. The molecule has 0 aliphatic heterocycles. The van der Waals surface area contributed by atoms with E-state index in [0.717, 1.165) is 22.8 Å². The average Bonchev–Trinajstić information content (AvgIpc) is 3.16. The zero-order chi connectivity index (χ0) is 18.6. The van der Waals surface area contributed by atoms with Crippen molar-refractivity contribution in [2.75, 3.05) is 13.7 Å². The van der Waals surface area contributed by atoms with Crippen molar-refractivity contribution in [2.45, 2.75) is 6.54 Å². The molecule has 2 heterocycles. The Morgan fingerprint density at radius 2 is 1.78 bits per heavy atom. The molecule has 0 aliphatic rings. The van der Waals surface area contributed by atoms with Gasteiger partial charge in [0.1, 0.15) is 23.6 Å². The summed E-state index contributed by atoms with van der Waals surface area (Å²) in [5, 5.41) is 4.50. The minimum Gasteiger partial charge on any atom is -0.497 e. The van der Waals surface area contributed by atoms with Crippen LogP contribution in [0.2, 0.25) is 0 Å². The summed E-state index contributed by atoms with van der Waals surface area (Å²) in [6.45, 7) is 0.876. The van der Waals surface area contributed by atoms with Crippen LogP contribution in [0.3, 0.4) is 0 Å². The van der Waals surface area contributed by atoms with Gasteiger partial charge in [0, 0.05) is 18.0 Å². The van der Waals surface area contributed by atoms with Crippen molar-refractivity contribution in [1.29, 1.82) is 0 Å². The molecule has 0 N–H and O–H groups in total. The number of fused-ring (bicyclic) bond motifs is 1. The first-order valence-corrected chi connectivity index (χ1v) is 8.66. The molecule has 2 aromatic carbocycles. The number of aromatic nitrogens is 3. The van der Waals surface area contributed by atoms with Crippen LogP contribution in [0.5, 0.6) is 11.5 Å². The highest BCUT2D eigenvalue weighted by atomic mass is 16.5. The molecule has 0 amide bonds. The van der Waals surface area contributed by atoms with Crippen molar-refractivity contribution < 1.29 is 9.47 Å². The Morgan fingerprint density at radius 1 is 0.963 bits per heavy atom. The maximum Gasteiger partial charge on any atom is 0.276 e. The van der Waals surface area contributed by atoms with Crippen LogP contribution in [0.1, 0.15) is 0 Å². The van der Waals surface area contributed by atoms with E-state index in [0.29, 0.717) is 18.7 Å². The maximum absolute atomic E-state index is 12.8. The minimum atomic E-state index is -0.101. The Bertz CT molecular complexity index is 1120. The number of para-hydroxylation sites is 1. The molecular formula is C21H19N3O3. The quantitative estimate of drug-likeness (QED) is 0.529. The topological polar surface area (TPSA) is 57.8 Å². The van der Waals surface area contributed by atoms with Crippen molar-refractivity contribution in [3.63, 3.8) is 0 Å². The SMILES string of the molecule is COc1cccc(-c2cc3c(=O)n(CCOc4ccccc4)ccn3n2)c1. The summed E-state index contributed by atoms with van der Waals surface area (Å²) >= 11 is 0. The Hall–Kier alpha value is -3.54. The molecule has 0 atom stereocenters. The lowest BCUT2D eigenvalue weighted by molar-refractivity contribution is 0.296. The van der Waals surface area contributed by atoms with Crippen molar-refractivity contribution in [3.8, 4) is 22.8 Å². The number of hydrogen-bond acceptors (Lipinski definition) is 4. The molecule has 6 heteroatoms. The number of nitrogens with zero attached hydrogens (tertiary/aromatic N) is 3. The molecule has 2 aromatic heterocycles. The molecular weight excluding hydrogens is 342 g/mol. The predicted molar refractivity (Wildman–Crippen MR) is 103 cm³/mol. The predicted octanol–water partition coefficient (Wildman–Crippen LogP) is 3.25. The molecule has 0 saturated heterocycles. The van der Waals surface area contributed by atoms with Crippen LogP contribution in [0.4, 0.5) is 0 Å². The van der Waals surface area contributed by atoms with Crippen LogP contribution in [0.25, 0.3) is 16.8 Å². The second kappa shape index (κ2) is 7.37. The molecule has 4 rings (SSSR count). The first kappa shape index (κ1) is 16.9. The Labute approximate surface area is 156 Å². The van der Waals surface area contributed by atoms with E-state index in [9.17, 15) is 4.79 Å². The van der Waals surface area contributed by atoms with Gasteiger partial charge < -0.3 is 14.0 Å². The van der Waals surface area contributed by atoms with Crippen LogP contribution in [-0.4, -0.2) is 27.9 Å². The highest BCUT2D eigenvalue weighted by Crippen LogP contribution is 2.23. The van der Waals surface area contributed by atoms with Crippen molar-refractivity contribution in [3.05, 3.63) is 83.4 Å². The van der Waals surface area contributed by atoms with Gasteiger partial charge in [-0.05, 0) is 30.3 Å². The van der Waals surface area contributed by atoms with Gasteiger partial charge in [0.15, 0.2) is 0 Å². The van der Waals surface area contributed by atoms with Crippen molar-refractivity contribution in [2.24, 2.45) is 0 Å². The van der Waals surface area contributed by atoms with E-state index >= 15 is 0 Å². The Balaban J connectivity index is 1.57. The highest BCUT2D eigenvalue weighted by Gasteiger charge is 2.10. The van der Waals surface area contributed by atoms with Gasteiger partial charge in [0.05, 0.1) is 19.3 Å². The molecule has 4 aromatic rings. The number of hydrogen-bond donors (Lipinski definition) is 0. The van der Waals surface area contributed by atoms with E-state index in [1.807, 2.05) is 54.6 Å². The van der Waals surface area contributed by atoms with Crippen LogP contribution in [0, 0.1) is 0 Å². The van der Waals surface area contributed by atoms with Gasteiger partial charge in [0.25, 0.3) is 5.56 Å². The van der Waals surface area contributed by atoms with Crippen LogP contribution >= 0.6 is 0 Å². The lowest BCUT2D eigenvalue weighted by Gasteiger charge is -2.08. The van der Waals surface area contributed by atoms with Crippen molar-refractivity contribution >= 4 is 5.52 Å².